The number of halogens is 1. The van der Waals surface area contributed by atoms with Gasteiger partial charge in [0.2, 0.25) is 11.8 Å². The number of ether oxygens (including phenoxy) is 1. The summed E-state index contributed by atoms with van der Waals surface area (Å²) in [6.07, 6.45) is 2.91. The lowest BCUT2D eigenvalue weighted by Gasteiger charge is -2.31. The Balaban J connectivity index is 2.43. The largest absolute Gasteiger partial charge is 0.508 e. The maximum Gasteiger partial charge on any atom is 0.247 e. The number of carbonyl (C=O) groups is 2. The van der Waals surface area contributed by atoms with Crippen molar-refractivity contribution in [2.75, 3.05) is 24.4 Å². The molecule has 0 radical (unpaired) electrons. The summed E-state index contributed by atoms with van der Waals surface area (Å²) in [7, 11) is 1.56. The molecule has 2 N–H and O–H groups in total. The number of nitrogens with zero attached hydrogens (tertiary/aromatic N) is 1. The molecule has 2 aromatic carbocycles. The van der Waals surface area contributed by atoms with Crippen LogP contribution in [0.2, 0.25) is 0 Å². The fourth-order valence-electron chi connectivity index (χ4n) is 3.00. The summed E-state index contributed by atoms with van der Waals surface area (Å²) in [6, 6.07) is 12.2. The first-order valence-corrected chi connectivity index (χ1v) is 10.1. The van der Waals surface area contributed by atoms with Crippen molar-refractivity contribution in [3.05, 3.63) is 54.1 Å². The maximum absolute atomic E-state index is 13.1. The van der Waals surface area contributed by atoms with Gasteiger partial charge in [0.15, 0.2) is 0 Å². The summed E-state index contributed by atoms with van der Waals surface area (Å²) in [5.41, 5.74) is 1.10. The average Bonchev–Trinajstić information content (AvgIpc) is 2.75. The van der Waals surface area contributed by atoms with Crippen molar-refractivity contribution >= 4 is 29.1 Å². The number of hydrogen-bond acceptors (Lipinski definition) is 4. The van der Waals surface area contributed by atoms with Gasteiger partial charge in [-0.05, 0) is 48.4 Å². The zero-order chi connectivity index (χ0) is 21.2. The van der Waals surface area contributed by atoms with Crippen LogP contribution in [-0.4, -0.2) is 36.5 Å². The number of phenols is 1. The van der Waals surface area contributed by atoms with Gasteiger partial charge in [0.1, 0.15) is 23.4 Å². The molecule has 0 bridgehead atoms. The molecule has 7 heteroatoms. The van der Waals surface area contributed by atoms with Crippen LogP contribution in [0.4, 0.5) is 5.69 Å². The van der Waals surface area contributed by atoms with E-state index in [1.54, 1.807) is 43.5 Å². The van der Waals surface area contributed by atoms with Gasteiger partial charge in [-0.25, -0.2) is 0 Å². The molecule has 0 saturated heterocycles. The number of alkyl halides is 1. The van der Waals surface area contributed by atoms with Crippen LogP contribution < -0.4 is 15.0 Å². The van der Waals surface area contributed by atoms with Crippen LogP contribution in [0.25, 0.3) is 0 Å². The standard InChI is InChI=1S/C22H27ClN2O4/c1-3-4-5-14-24-22(28)21(16-6-10-18(26)11-7-16)25(20(27)15-23)17-8-12-19(29-2)13-9-17/h6-13,21,26H,3-5,14-15H2,1-2H3,(H,24,28). The number of rotatable bonds is 10. The number of amides is 2. The molecule has 1 atom stereocenters. The van der Waals surface area contributed by atoms with E-state index >= 15 is 0 Å². The van der Waals surface area contributed by atoms with Gasteiger partial charge in [0.25, 0.3) is 0 Å². The van der Waals surface area contributed by atoms with Gasteiger partial charge in [-0.1, -0.05) is 31.9 Å². The Morgan fingerprint density at radius 1 is 1.10 bits per heavy atom. The quantitative estimate of drug-likeness (QED) is 0.451. The molecule has 0 spiro atoms. The normalized spacial score (nSPS) is 11.6. The highest BCUT2D eigenvalue weighted by Gasteiger charge is 2.32. The predicted molar refractivity (Wildman–Crippen MR) is 115 cm³/mol. The van der Waals surface area contributed by atoms with E-state index < -0.39 is 11.9 Å². The average molecular weight is 419 g/mol. The van der Waals surface area contributed by atoms with Crippen LogP contribution in [0.1, 0.15) is 37.8 Å². The molecule has 0 aliphatic rings. The molecule has 0 heterocycles. The van der Waals surface area contributed by atoms with E-state index in [2.05, 4.69) is 12.2 Å². The monoisotopic (exact) mass is 418 g/mol. The number of hydrogen-bond donors (Lipinski definition) is 2. The highest BCUT2D eigenvalue weighted by Crippen LogP contribution is 2.30. The summed E-state index contributed by atoms with van der Waals surface area (Å²) in [4.78, 5) is 27.3. The molecular weight excluding hydrogens is 392 g/mol. The number of benzene rings is 2. The summed E-state index contributed by atoms with van der Waals surface area (Å²) >= 11 is 5.87. The second-order valence-electron chi connectivity index (χ2n) is 6.59. The Morgan fingerprint density at radius 3 is 2.31 bits per heavy atom. The van der Waals surface area contributed by atoms with Gasteiger partial charge in [-0.15, -0.1) is 11.6 Å². The van der Waals surface area contributed by atoms with E-state index in [0.29, 0.717) is 23.5 Å². The molecule has 2 amide bonds. The second-order valence-corrected chi connectivity index (χ2v) is 6.85. The lowest BCUT2D eigenvalue weighted by Crippen LogP contribution is -2.44. The summed E-state index contributed by atoms with van der Waals surface area (Å²) in [6.45, 7) is 2.61. The van der Waals surface area contributed by atoms with Crippen molar-refractivity contribution in [2.24, 2.45) is 0 Å². The van der Waals surface area contributed by atoms with Crippen molar-refractivity contribution in [1.82, 2.24) is 5.32 Å². The number of phenolic OH excluding ortho intramolecular Hbond substituents is 1. The van der Waals surface area contributed by atoms with E-state index in [0.717, 1.165) is 19.3 Å². The smallest absolute Gasteiger partial charge is 0.247 e. The first-order valence-electron chi connectivity index (χ1n) is 9.60. The van der Waals surface area contributed by atoms with E-state index in [1.165, 1.54) is 17.0 Å². The highest BCUT2D eigenvalue weighted by molar-refractivity contribution is 6.29. The fraction of sp³-hybridized carbons (Fsp3) is 0.364. The van der Waals surface area contributed by atoms with Crippen LogP contribution in [0.5, 0.6) is 11.5 Å². The Kier molecular flexibility index (Phi) is 8.80. The minimum Gasteiger partial charge on any atom is -0.508 e. The van der Waals surface area contributed by atoms with Gasteiger partial charge in [-0.3, -0.25) is 14.5 Å². The molecule has 0 aliphatic heterocycles. The number of methoxy groups -OCH3 is 1. The number of unbranched alkanes of at least 4 members (excludes halogenated alkanes) is 2. The first-order chi connectivity index (χ1) is 14.0. The second kappa shape index (κ2) is 11.3. The van der Waals surface area contributed by atoms with Gasteiger partial charge in [0.05, 0.1) is 7.11 Å². The molecule has 156 valence electrons. The zero-order valence-electron chi connectivity index (χ0n) is 16.7. The molecule has 1 unspecified atom stereocenters. The number of nitrogens with one attached hydrogen (secondary N) is 1. The van der Waals surface area contributed by atoms with Crippen LogP contribution in [-0.2, 0) is 9.59 Å². The van der Waals surface area contributed by atoms with Crippen LogP contribution in [0.15, 0.2) is 48.5 Å². The third-order valence-corrected chi connectivity index (χ3v) is 4.76. The van der Waals surface area contributed by atoms with E-state index in [4.69, 9.17) is 16.3 Å². The van der Waals surface area contributed by atoms with Crippen molar-refractivity contribution < 1.29 is 19.4 Å². The summed E-state index contributed by atoms with van der Waals surface area (Å²) in [5.74, 6) is -0.267. The Labute approximate surface area is 176 Å². The van der Waals surface area contributed by atoms with Crippen molar-refractivity contribution in [3.63, 3.8) is 0 Å². The molecule has 0 saturated carbocycles. The van der Waals surface area contributed by atoms with E-state index in [1.807, 2.05) is 0 Å². The van der Waals surface area contributed by atoms with E-state index in [9.17, 15) is 14.7 Å². The zero-order valence-corrected chi connectivity index (χ0v) is 17.5. The number of carbonyl (C=O) groups excluding carboxylic acids is 2. The molecular formula is C22H27ClN2O4. The summed E-state index contributed by atoms with van der Waals surface area (Å²) in [5, 5.41) is 12.5. The number of aromatic hydroxyl groups is 1. The van der Waals surface area contributed by atoms with Gasteiger partial charge in [-0.2, -0.15) is 0 Å². The number of anilines is 1. The van der Waals surface area contributed by atoms with Crippen molar-refractivity contribution in [2.45, 2.75) is 32.2 Å². The first kappa shape index (κ1) is 22.6. The van der Waals surface area contributed by atoms with Crippen LogP contribution in [0.3, 0.4) is 0 Å². The third kappa shape index (κ3) is 6.12. The predicted octanol–water partition coefficient (Wildman–Crippen LogP) is 4.02. The van der Waals surface area contributed by atoms with Crippen LogP contribution in [0, 0.1) is 0 Å². The Hall–Kier alpha value is -2.73. The lowest BCUT2D eigenvalue weighted by atomic mass is 10.0. The molecule has 2 aromatic rings. The van der Waals surface area contributed by atoms with Crippen molar-refractivity contribution in [3.8, 4) is 11.5 Å². The van der Waals surface area contributed by atoms with Crippen molar-refractivity contribution in [1.29, 1.82) is 0 Å². The van der Waals surface area contributed by atoms with Gasteiger partial charge < -0.3 is 15.2 Å². The molecule has 0 aromatic heterocycles. The van der Waals surface area contributed by atoms with Gasteiger partial charge >= 0.3 is 0 Å². The minimum absolute atomic E-state index is 0.0792. The topological polar surface area (TPSA) is 78.9 Å². The van der Waals surface area contributed by atoms with E-state index in [-0.39, 0.29) is 17.5 Å². The highest BCUT2D eigenvalue weighted by atomic mass is 35.5. The molecule has 29 heavy (non-hydrogen) atoms. The fourth-order valence-corrected chi connectivity index (χ4v) is 3.13. The molecule has 2 rings (SSSR count). The Bertz CT molecular complexity index is 793. The van der Waals surface area contributed by atoms with Crippen LogP contribution >= 0.6 is 11.6 Å². The molecule has 6 nitrogen and oxygen atoms in total. The SMILES string of the molecule is CCCCCNC(=O)C(c1ccc(O)cc1)N(C(=O)CCl)c1ccc(OC)cc1. The maximum atomic E-state index is 13.1. The Morgan fingerprint density at radius 2 is 1.76 bits per heavy atom. The molecule has 0 aliphatic carbocycles. The minimum atomic E-state index is -0.920. The summed E-state index contributed by atoms with van der Waals surface area (Å²) < 4.78 is 5.18. The third-order valence-electron chi connectivity index (χ3n) is 4.53. The molecule has 0 fully saturated rings. The van der Waals surface area contributed by atoms with Gasteiger partial charge in [0, 0.05) is 12.2 Å². The lowest BCUT2D eigenvalue weighted by molar-refractivity contribution is -0.125.